The zero-order valence-corrected chi connectivity index (χ0v) is 33.0. The SMILES string of the molecule is COCCCC[C@@](O)(c1cccc(F)c1Oc1ccccc1)[C@@H]1CCCNC1.COCCCC[C@@](O)(c1ccccc1Oc1ccc(F)cc1)[C@@H]1CCCNC1. The van der Waals surface area contributed by atoms with Gasteiger partial charge in [-0.1, -0.05) is 48.5 Å². The van der Waals surface area contributed by atoms with Gasteiger partial charge in [-0.2, -0.15) is 0 Å². The molecule has 0 unspecified atom stereocenters. The van der Waals surface area contributed by atoms with Gasteiger partial charge >= 0.3 is 0 Å². The Morgan fingerprint density at radius 3 is 1.71 bits per heavy atom. The molecule has 4 aromatic rings. The number of hydrogen-bond acceptors (Lipinski definition) is 8. The van der Waals surface area contributed by atoms with Gasteiger partial charge in [0.2, 0.25) is 0 Å². The van der Waals surface area contributed by atoms with Crippen LogP contribution >= 0.6 is 0 Å². The number of ether oxygens (including phenoxy) is 4. The minimum atomic E-state index is -1.16. The minimum Gasteiger partial charge on any atom is -0.457 e. The van der Waals surface area contributed by atoms with Crippen molar-refractivity contribution in [3.8, 4) is 23.0 Å². The summed E-state index contributed by atoms with van der Waals surface area (Å²) < 4.78 is 50.3. The van der Waals surface area contributed by atoms with Crippen LogP contribution in [-0.4, -0.2) is 63.8 Å². The van der Waals surface area contributed by atoms with Crippen LogP contribution < -0.4 is 20.1 Å². The number of halogens is 2. The molecule has 304 valence electrons. The van der Waals surface area contributed by atoms with Gasteiger partial charge in [0.05, 0.1) is 11.2 Å². The van der Waals surface area contributed by atoms with Gasteiger partial charge in [-0.15, -0.1) is 0 Å². The summed E-state index contributed by atoms with van der Waals surface area (Å²) >= 11 is 0. The zero-order chi connectivity index (χ0) is 39.6. The van der Waals surface area contributed by atoms with Crippen LogP contribution in [0.5, 0.6) is 23.0 Å². The highest BCUT2D eigenvalue weighted by atomic mass is 19.1. The molecule has 2 saturated heterocycles. The van der Waals surface area contributed by atoms with E-state index in [0.29, 0.717) is 55.4 Å². The van der Waals surface area contributed by atoms with E-state index in [1.165, 1.54) is 18.2 Å². The van der Waals surface area contributed by atoms with Crippen molar-refractivity contribution in [2.45, 2.75) is 75.4 Å². The number of hydrogen-bond donors (Lipinski definition) is 4. The standard InChI is InChI=1S/2C23H30FNO3/c1-27-16-5-4-14-23(26,18-7-6-15-25-17-18)21-8-2-3-9-22(21)28-20-12-10-19(24)11-13-20;1-27-16-6-5-14-23(26,18-9-8-15-25-17-18)20-12-7-13-21(24)22(20)28-19-10-3-2-4-11-19/h2-3,8-13,18,25-26H,4-7,14-17H2,1H3;2-4,7,10-13,18,25-26H,5-6,8-9,14-17H2,1H3/t2*18-,23+/m11/s1. The van der Waals surface area contributed by atoms with Gasteiger partial charge in [-0.25, -0.2) is 8.78 Å². The molecule has 0 aromatic heterocycles. The molecule has 4 N–H and O–H groups in total. The Balaban J connectivity index is 0.000000214. The molecule has 8 nitrogen and oxygen atoms in total. The van der Waals surface area contributed by atoms with E-state index in [4.69, 9.17) is 18.9 Å². The summed E-state index contributed by atoms with van der Waals surface area (Å²) in [5.41, 5.74) is -0.821. The van der Waals surface area contributed by atoms with Crippen LogP contribution in [0.15, 0.2) is 97.1 Å². The molecule has 2 aliphatic rings. The highest BCUT2D eigenvalue weighted by Crippen LogP contribution is 2.45. The molecule has 0 aliphatic carbocycles. The molecule has 0 bridgehead atoms. The molecule has 0 amide bonds. The predicted molar refractivity (Wildman–Crippen MR) is 216 cm³/mol. The highest BCUT2D eigenvalue weighted by Gasteiger charge is 2.42. The van der Waals surface area contributed by atoms with E-state index >= 15 is 0 Å². The Bertz CT molecular complexity index is 1720. The van der Waals surface area contributed by atoms with Crippen molar-refractivity contribution in [3.63, 3.8) is 0 Å². The maximum atomic E-state index is 14.8. The summed E-state index contributed by atoms with van der Waals surface area (Å²) in [5.74, 6) is 1.20. The Morgan fingerprint density at radius 2 is 1.14 bits per heavy atom. The van der Waals surface area contributed by atoms with Gasteiger partial charge < -0.3 is 39.8 Å². The molecule has 6 rings (SSSR count). The molecule has 4 aromatic carbocycles. The molecule has 2 heterocycles. The number of methoxy groups -OCH3 is 2. The smallest absolute Gasteiger partial charge is 0.169 e. The number of aliphatic hydroxyl groups is 2. The average Bonchev–Trinajstić information content (AvgIpc) is 3.24. The Kier molecular flexibility index (Phi) is 17.1. The minimum absolute atomic E-state index is 0.00344. The molecule has 0 saturated carbocycles. The lowest BCUT2D eigenvalue weighted by atomic mass is 9.74. The fraction of sp³-hybridized carbons (Fsp3) is 0.478. The zero-order valence-electron chi connectivity index (χ0n) is 33.0. The summed E-state index contributed by atoms with van der Waals surface area (Å²) in [4.78, 5) is 0. The van der Waals surface area contributed by atoms with E-state index in [0.717, 1.165) is 76.6 Å². The monoisotopic (exact) mass is 774 g/mol. The fourth-order valence-electron chi connectivity index (χ4n) is 8.02. The van der Waals surface area contributed by atoms with E-state index in [-0.39, 0.29) is 23.4 Å². The second kappa shape index (κ2) is 22.1. The van der Waals surface area contributed by atoms with E-state index in [1.807, 2.05) is 42.5 Å². The molecule has 2 fully saturated rings. The van der Waals surface area contributed by atoms with Crippen LogP contribution in [0.1, 0.15) is 75.3 Å². The number of piperidine rings is 2. The Hall–Kier alpha value is -3.90. The summed E-state index contributed by atoms with van der Waals surface area (Å²) in [5, 5.41) is 30.5. The van der Waals surface area contributed by atoms with Gasteiger partial charge in [0.15, 0.2) is 11.6 Å². The largest absolute Gasteiger partial charge is 0.457 e. The molecule has 2 aliphatic heterocycles. The topological polar surface area (TPSA) is 101 Å². The number of rotatable bonds is 18. The maximum Gasteiger partial charge on any atom is 0.169 e. The van der Waals surface area contributed by atoms with E-state index < -0.39 is 17.0 Å². The second-order valence-corrected chi connectivity index (χ2v) is 14.9. The second-order valence-electron chi connectivity index (χ2n) is 14.9. The summed E-state index contributed by atoms with van der Waals surface area (Å²) in [6.07, 6.45) is 8.51. The van der Waals surface area contributed by atoms with Crippen LogP contribution in [0, 0.1) is 23.5 Å². The lowest BCUT2D eigenvalue weighted by Gasteiger charge is -2.40. The third-order valence-corrected chi connectivity index (χ3v) is 11.0. The number of para-hydroxylation sites is 3. The Morgan fingerprint density at radius 1 is 0.607 bits per heavy atom. The van der Waals surface area contributed by atoms with Gasteiger partial charge in [-0.3, -0.25) is 0 Å². The molecule has 56 heavy (non-hydrogen) atoms. The maximum absolute atomic E-state index is 14.8. The first kappa shape index (κ1) is 43.2. The van der Waals surface area contributed by atoms with E-state index in [9.17, 15) is 19.0 Å². The van der Waals surface area contributed by atoms with Gasteiger partial charge in [0.1, 0.15) is 23.1 Å². The fourth-order valence-corrected chi connectivity index (χ4v) is 8.02. The molecule has 0 radical (unpaired) electrons. The predicted octanol–water partition coefficient (Wildman–Crippen LogP) is 9.24. The van der Waals surface area contributed by atoms with Gasteiger partial charge in [-0.05, 0) is 126 Å². The normalized spacial score (nSPS) is 19.2. The van der Waals surface area contributed by atoms with Gasteiger partial charge in [0.25, 0.3) is 0 Å². The van der Waals surface area contributed by atoms with Crippen LogP contribution in [0.3, 0.4) is 0 Å². The number of nitrogens with one attached hydrogen (secondary N) is 2. The first-order valence-electron chi connectivity index (χ1n) is 20.2. The van der Waals surface area contributed by atoms with Crippen molar-refractivity contribution in [3.05, 3.63) is 120 Å². The van der Waals surface area contributed by atoms with Crippen molar-refractivity contribution < 1.29 is 37.9 Å². The molecule has 4 atom stereocenters. The molecule has 10 heteroatoms. The summed E-state index contributed by atoms with van der Waals surface area (Å²) in [6.45, 7) is 4.77. The molecular formula is C46H60F2N2O6. The summed E-state index contributed by atoms with van der Waals surface area (Å²) in [7, 11) is 3.37. The van der Waals surface area contributed by atoms with Crippen molar-refractivity contribution in [1.29, 1.82) is 0 Å². The third-order valence-electron chi connectivity index (χ3n) is 11.0. The quantitative estimate of drug-likeness (QED) is 0.0743. The van der Waals surface area contributed by atoms with Crippen LogP contribution in [0.4, 0.5) is 8.78 Å². The van der Waals surface area contributed by atoms with Crippen LogP contribution in [0.25, 0.3) is 0 Å². The lowest BCUT2D eigenvalue weighted by molar-refractivity contribution is -0.0451. The molecule has 0 spiro atoms. The Labute approximate surface area is 331 Å². The lowest BCUT2D eigenvalue weighted by Crippen LogP contribution is -2.44. The van der Waals surface area contributed by atoms with Crippen molar-refractivity contribution >= 4 is 0 Å². The van der Waals surface area contributed by atoms with Crippen LogP contribution in [-0.2, 0) is 20.7 Å². The van der Waals surface area contributed by atoms with E-state index in [2.05, 4.69) is 10.6 Å². The van der Waals surface area contributed by atoms with Crippen molar-refractivity contribution in [2.75, 3.05) is 53.6 Å². The third kappa shape index (κ3) is 11.8. The first-order valence-corrected chi connectivity index (χ1v) is 20.2. The van der Waals surface area contributed by atoms with Crippen LogP contribution in [0.2, 0.25) is 0 Å². The number of benzene rings is 4. The van der Waals surface area contributed by atoms with E-state index in [1.54, 1.807) is 50.6 Å². The number of unbranched alkanes of at least 4 members (excludes halogenated alkanes) is 2. The summed E-state index contributed by atoms with van der Waals surface area (Å²) in [6, 6.07) is 27.6. The molecular weight excluding hydrogens is 715 g/mol. The first-order chi connectivity index (χ1) is 27.3. The van der Waals surface area contributed by atoms with Crippen molar-refractivity contribution in [1.82, 2.24) is 10.6 Å². The average molecular weight is 775 g/mol. The van der Waals surface area contributed by atoms with Gasteiger partial charge in [0, 0.05) is 63.5 Å². The highest BCUT2D eigenvalue weighted by molar-refractivity contribution is 5.44. The van der Waals surface area contributed by atoms with Crippen molar-refractivity contribution in [2.24, 2.45) is 11.8 Å².